The van der Waals surface area contributed by atoms with E-state index in [1.807, 2.05) is 0 Å². The van der Waals surface area contributed by atoms with E-state index >= 15 is 0 Å². The van der Waals surface area contributed by atoms with Crippen molar-refractivity contribution >= 4 is 0 Å². The van der Waals surface area contributed by atoms with Gasteiger partial charge in [-0.15, -0.1) is 0 Å². The summed E-state index contributed by atoms with van der Waals surface area (Å²) in [6.07, 6.45) is 3.77. The third-order valence-corrected chi connectivity index (χ3v) is 3.89. The van der Waals surface area contributed by atoms with Gasteiger partial charge in [-0.25, -0.2) is 0 Å². The van der Waals surface area contributed by atoms with Crippen LogP contribution in [0.1, 0.15) is 26.2 Å². The minimum absolute atomic E-state index is 0.733. The molecule has 0 aromatic heterocycles. The van der Waals surface area contributed by atoms with Gasteiger partial charge in [-0.05, 0) is 38.8 Å². The Hall–Kier alpha value is -0.120. The molecule has 0 amide bonds. The van der Waals surface area contributed by atoms with Gasteiger partial charge in [0.25, 0.3) is 0 Å². The monoisotopic (exact) mass is 212 g/mol. The highest BCUT2D eigenvalue weighted by atomic mass is 16.5. The molecule has 0 radical (unpaired) electrons. The van der Waals surface area contributed by atoms with Gasteiger partial charge < -0.3 is 10.1 Å². The maximum absolute atomic E-state index is 5.42. The first-order valence-corrected chi connectivity index (χ1v) is 6.27. The molecule has 2 saturated heterocycles. The van der Waals surface area contributed by atoms with Crippen molar-refractivity contribution in [1.29, 1.82) is 0 Å². The molecule has 2 aliphatic rings. The van der Waals surface area contributed by atoms with Gasteiger partial charge in [0.15, 0.2) is 0 Å². The molecule has 2 fully saturated rings. The molecule has 0 saturated carbocycles. The molecule has 88 valence electrons. The number of hydrogen-bond acceptors (Lipinski definition) is 3. The van der Waals surface area contributed by atoms with E-state index in [-0.39, 0.29) is 0 Å². The van der Waals surface area contributed by atoms with Crippen molar-refractivity contribution < 1.29 is 4.74 Å². The third kappa shape index (κ3) is 2.92. The summed E-state index contributed by atoms with van der Waals surface area (Å²) >= 11 is 0. The summed E-state index contributed by atoms with van der Waals surface area (Å²) in [4.78, 5) is 2.59. The second-order valence-corrected chi connectivity index (χ2v) is 5.16. The number of hydrogen-bond donors (Lipinski definition) is 1. The van der Waals surface area contributed by atoms with E-state index in [0.717, 1.165) is 37.8 Å². The van der Waals surface area contributed by atoms with Gasteiger partial charge in [0.05, 0.1) is 0 Å². The first-order chi connectivity index (χ1) is 7.27. The van der Waals surface area contributed by atoms with Crippen molar-refractivity contribution in [3.63, 3.8) is 0 Å². The molecule has 2 unspecified atom stereocenters. The standard InChI is InChI=1S/C12H24N2O/c1-10-7-12(9-13-8-10)14(2)11-3-5-15-6-4-11/h10-13H,3-9H2,1-2H3. The highest BCUT2D eigenvalue weighted by Crippen LogP contribution is 2.20. The summed E-state index contributed by atoms with van der Waals surface area (Å²) < 4.78 is 5.42. The van der Waals surface area contributed by atoms with E-state index in [0.29, 0.717) is 0 Å². The van der Waals surface area contributed by atoms with Crippen LogP contribution in [0.25, 0.3) is 0 Å². The van der Waals surface area contributed by atoms with Crippen LogP contribution in [0.5, 0.6) is 0 Å². The molecule has 0 bridgehead atoms. The lowest BCUT2D eigenvalue weighted by molar-refractivity contribution is 0.0210. The second-order valence-electron chi connectivity index (χ2n) is 5.16. The van der Waals surface area contributed by atoms with E-state index in [9.17, 15) is 0 Å². The molecular formula is C12H24N2O. The number of ether oxygens (including phenoxy) is 1. The molecular weight excluding hydrogens is 188 g/mol. The van der Waals surface area contributed by atoms with Crippen LogP contribution in [-0.4, -0.2) is 50.3 Å². The number of nitrogens with one attached hydrogen (secondary N) is 1. The number of piperidine rings is 1. The predicted octanol–water partition coefficient (Wildman–Crippen LogP) is 1.10. The van der Waals surface area contributed by atoms with E-state index in [2.05, 4.69) is 24.2 Å². The topological polar surface area (TPSA) is 24.5 Å². The van der Waals surface area contributed by atoms with Crippen LogP contribution in [0.15, 0.2) is 0 Å². The minimum Gasteiger partial charge on any atom is -0.381 e. The summed E-state index contributed by atoms with van der Waals surface area (Å²) in [5.41, 5.74) is 0. The summed E-state index contributed by atoms with van der Waals surface area (Å²) in [6.45, 7) is 6.60. The predicted molar refractivity (Wildman–Crippen MR) is 62.0 cm³/mol. The summed E-state index contributed by atoms with van der Waals surface area (Å²) in [5, 5.41) is 3.53. The fourth-order valence-electron chi connectivity index (χ4n) is 2.83. The van der Waals surface area contributed by atoms with Crippen LogP contribution >= 0.6 is 0 Å². The van der Waals surface area contributed by atoms with Gasteiger partial charge in [-0.2, -0.15) is 0 Å². The normalized spacial score (nSPS) is 34.6. The van der Waals surface area contributed by atoms with Gasteiger partial charge >= 0.3 is 0 Å². The maximum atomic E-state index is 5.42. The molecule has 0 spiro atoms. The van der Waals surface area contributed by atoms with Crippen molar-refractivity contribution in [2.75, 3.05) is 33.4 Å². The molecule has 2 atom stereocenters. The Morgan fingerprint density at radius 2 is 1.87 bits per heavy atom. The molecule has 2 rings (SSSR count). The molecule has 0 aromatic carbocycles. The Kier molecular flexibility index (Phi) is 4.00. The molecule has 0 aliphatic carbocycles. The van der Waals surface area contributed by atoms with Gasteiger partial charge in [0.2, 0.25) is 0 Å². The zero-order chi connectivity index (χ0) is 10.7. The minimum atomic E-state index is 0.733. The Labute approximate surface area is 93.2 Å². The van der Waals surface area contributed by atoms with Gasteiger partial charge in [-0.3, -0.25) is 4.90 Å². The van der Waals surface area contributed by atoms with Crippen LogP contribution in [0.4, 0.5) is 0 Å². The number of likely N-dealkylation sites (N-methyl/N-ethyl adjacent to an activating group) is 1. The summed E-state index contributed by atoms with van der Waals surface area (Å²) in [5.74, 6) is 0.825. The molecule has 15 heavy (non-hydrogen) atoms. The Balaban J connectivity index is 1.85. The van der Waals surface area contributed by atoms with Gasteiger partial charge in [-0.1, -0.05) is 6.92 Å². The lowest BCUT2D eigenvalue weighted by Crippen LogP contribution is -2.51. The van der Waals surface area contributed by atoms with Gasteiger partial charge in [0.1, 0.15) is 0 Å². The van der Waals surface area contributed by atoms with Crippen LogP contribution in [-0.2, 0) is 4.74 Å². The van der Waals surface area contributed by atoms with Crippen molar-refractivity contribution in [1.82, 2.24) is 10.2 Å². The highest BCUT2D eigenvalue weighted by Gasteiger charge is 2.27. The largest absolute Gasteiger partial charge is 0.381 e. The van der Waals surface area contributed by atoms with Crippen LogP contribution in [0, 0.1) is 5.92 Å². The first-order valence-electron chi connectivity index (χ1n) is 6.27. The quantitative estimate of drug-likeness (QED) is 0.742. The molecule has 3 heteroatoms. The SMILES string of the molecule is CC1CNCC(N(C)C2CCOCC2)C1. The number of rotatable bonds is 2. The van der Waals surface area contributed by atoms with E-state index < -0.39 is 0 Å². The Morgan fingerprint density at radius 3 is 2.53 bits per heavy atom. The summed E-state index contributed by atoms with van der Waals surface area (Å²) in [7, 11) is 2.29. The van der Waals surface area contributed by atoms with E-state index in [1.54, 1.807) is 0 Å². The van der Waals surface area contributed by atoms with Crippen LogP contribution in [0.3, 0.4) is 0 Å². The molecule has 2 heterocycles. The number of nitrogens with zero attached hydrogens (tertiary/aromatic N) is 1. The van der Waals surface area contributed by atoms with Crippen molar-refractivity contribution in [3.05, 3.63) is 0 Å². The Morgan fingerprint density at radius 1 is 1.13 bits per heavy atom. The fourth-order valence-corrected chi connectivity index (χ4v) is 2.83. The van der Waals surface area contributed by atoms with E-state index in [4.69, 9.17) is 4.74 Å². The smallest absolute Gasteiger partial charge is 0.0480 e. The lowest BCUT2D eigenvalue weighted by Gasteiger charge is -2.40. The van der Waals surface area contributed by atoms with Crippen LogP contribution < -0.4 is 5.32 Å². The zero-order valence-corrected chi connectivity index (χ0v) is 10.0. The van der Waals surface area contributed by atoms with Crippen molar-refractivity contribution in [3.8, 4) is 0 Å². The van der Waals surface area contributed by atoms with Crippen LogP contribution in [0.2, 0.25) is 0 Å². The third-order valence-electron chi connectivity index (χ3n) is 3.89. The van der Waals surface area contributed by atoms with Gasteiger partial charge in [0, 0.05) is 31.8 Å². The zero-order valence-electron chi connectivity index (χ0n) is 10.0. The fraction of sp³-hybridized carbons (Fsp3) is 1.00. The highest BCUT2D eigenvalue weighted by molar-refractivity contribution is 4.84. The second kappa shape index (κ2) is 5.28. The molecule has 1 N–H and O–H groups in total. The average Bonchev–Trinajstić information content (AvgIpc) is 2.29. The molecule has 3 nitrogen and oxygen atoms in total. The first kappa shape index (κ1) is 11.4. The van der Waals surface area contributed by atoms with E-state index in [1.165, 1.54) is 25.8 Å². The molecule has 0 aromatic rings. The maximum Gasteiger partial charge on any atom is 0.0480 e. The van der Waals surface area contributed by atoms with Crippen molar-refractivity contribution in [2.24, 2.45) is 5.92 Å². The lowest BCUT2D eigenvalue weighted by atomic mass is 9.94. The summed E-state index contributed by atoms with van der Waals surface area (Å²) in [6, 6.07) is 1.48. The average molecular weight is 212 g/mol. The molecule has 2 aliphatic heterocycles. The van der Waals surface area contributed by atoms with Crippen molar-refractivity contribution in [2.45, 2.75) is 38.3 Å². The Bertz CT molecular complexity index is 192.